The van der Waals surface area contributed by atoms with E-state index in [0.717, 1.165) is 30.4 Å². The molecule has 0 aliphatic carbocycles. The lowest BCUT2D eigenvalue weighted by Crippen LogP contribution is -2.06. The third kappa shape index (κ3) is 1.91. The van der Waals surface area contributed by atoms with Crippen molar-refractivity contribution in [1.29, 1.82) is 0 Å². The van der Waals surface area contributed by atoms with Crippen molar-refractivity contribution >= 4 is 5.95 Å². The van der Waals surface area contributed by atoms with Gasteiger partial charge in [0.1, 0.15) is 0 Å². The largest absolute Gasteiger partial charge is 0.355 e. The molecule has 0 fully saturated rings. The van der Waals surface area contributed by atoms with Gasteiger partial charge in [0, 0.05) is 18.7 Å². The summed E-state index contributed by atoms with van der Waals surface area (Å²) >= 11 is 0. The Hall–Kier alpha value is -1.84. The molecule has 1 N–H and O–H groups in total. The standard InChI is InChI=1S/C12H16N4/c1-3-13-12-15-14-11(16(12)4-2)10-8-6-5-7-9-10/h5-9H,3-4H2,1-2H3,(H,13,15). The Morgan fingerprint density at radius 1 is 1.12 bits per heavy atom. The summed E-state index contributed by atoms with van der Waals surface area (Å²) < 4.78 is 2.08. The van der Waals surface area contributed by atoms with Gasteiger partial charge in [-0.15, -0.1) is 10.2 Å². The highest BCUT2D eigenvalue weighted by molar-refractivity contribution is 5.57. The number of nitrogens with zero attached hydrogens (tertiary/aromatic N) is 3. The van der Waals surface area contributed by atoms with Gasteiger partial charge >= 0.3 is 0 Å². The summed E-state index contributed by atoms with van der Waals surface area (Å²) in [6, 6.07) is 10.1. The van der Waals surface area contributed by atoms with Crippen molar-refractivity contribution in [2.75, 3.05) is 11.9 Å². The SMILES string of the molecule is CCNc1nnc(-c2ccccc2)n1CC. The third-order valence-corrected chi connectivity index (χ3v) is 2.43. The number of anilines is 1. The van der Waals surface area contributed by atoms with Crippen molar-refractivity contribution in [2.24, 2.45) is 0 Å². The van der Waals surface area contributed by atoms with Crippen LogP contribution in [-0.4, -0.2) is 21.3 Å². The lowest BCUT2D eigenvalue weighted by atomic mass is 10.2. The maximum absolute atomic E-state index is 4.23. The van der Waals surface area contributed by atoms with Crippen LogP contribution in [0.3, 0.4) is 0 Å². The van der Waals surface area contributed by atoms with Crippen molar-refractivity contribution in [3.05, 3.63) is 30.3 Å². The van der Waals surface area contributed by atoms with Gasteiger partial charge in [-0.05, 0) is 13.8 Å². The number of hydrogen-bond donors (Lipinski definition) is 1. The number of hydrogen-bond acceptors (Lipinski definition) is 3. The van der Waals surface area contributed by atoms with Gasteiger partial charge in [-0.2, -0.15) is 0 Å². The number of benzene rings is 1. The molecule has 1 heterocycles. The summed E-state index contributed by atoms with van der Waals surface area (Å²) in [4.78, 5) is 0. The minimum atomic E-state index is 0.837. The summed E-state index contributed by atoms with van der Waals surface area (Å²) in [5.41, 5.74) is 1.10. The molecule has 1 aromatic heterocycles. The number of nitrogens with one attached hydrogen (secondary N) is 1. The van der Waals surface area contributed by atoms with Gasteiger partial charge in [0.05, 0.1) is 0 Å². The molecule has 0 amide bonds. The first kappa shape index (κ1) is 10.7. The monoisotopic (exact) mass is 216 g/mol. The molecule has 4 nitrogen and oxygen atoms in total. The Morgan fingerprint density at radius 3 is 2.50 bits per heavy atom. The highest BCUT2D eigenvalue weighted by Gasteiger charge is 2.10. The molecule has 4 heteroatoms. The highest BCUT2D eigenvalue weighted by Crippen LogP contribution is 2.19. The Balaban J connectivity index is 2.42. The smallest absolute Gasteiger partial charge is 0.224 e. The molecular formula is C12H16N4. The van der Waals surface area contributed by atoms with Crippen molar-refractivity contribution in [3.8, 4) is 11.4 Å². The molecule has 0 saturated carbocycles. The van der Waals surface area contributed by atoms with E-state index < -0.39 is 0 Å². The van der Waals surface area contributed by atoms with Crippen LogP contribution in [-0.2, 0) is 6.54 Å². The van der Waals surface area contributed by atoms with Gasteiger partial charge in [-0.3, -0.25) is 4.57 Å². The molecule has 2 rings (SSSR count). The first-order chi connectivity index (χ1) is 7.86. The van der Waals surface area contributed by atoms with Gasteiger partial charge in [0.2, 0.25) is 5.95 Å². The summed E-state index contributed by atoms with van der Waals surface area (Å²) in [6.07, 6.45) is 0. The van der Waals surface area contributed by atoms with Crippen LogP contribution < -0.4 is 5.32 Å². The maximum Gasteiger partial charge on any atom is 0.224 e. The molecule has 0 bridgehead atoms. The Labute approximate surface area is 95.3 Å². The molecule has 0 spiro atoms. The molecule has 0 aliphatic heterocycles. The molecule has 0 radical (unpaired) electrons. The molecule has 0 saturated heterocycles. The van der Waals surface area contributed by atoms with Gasteiger partial charge in [0.25, 0.3) is 0 Å². The van der Waals surface area contributed by atoms with Gasteiger partial charge < -0.3 is 5.32 Å². The predicted molar refractivity (Wildman–Crippen MR) is 65.3 cm³/mol. The normalized spacial score (nSPS) is 10.4. The van der Waals surface area contributed by atoms with Gasteiger partial charge in [0.15, 0.2) is 5.82 Å². The molecule has 1 aromatic carbocycles. The summed E-state index contributed by atoms with van der Waals surface area (Å²) in [5, 5.41) is 11.6. The lowest BCUT2D eigenvalue weighted by molar-refractivity contribution is 0.770. The number of rotatable bonds is 4. The van der Waals surface area contributed by atoms with E-state index in [1.165, 1.54) is 0 Å². The van der Waals surface area contributed by atoms with E-state index in [-0.39, 0.29) is 0 Å². The van der Waals surface area contributed by atoms with Crippen LogP contribution in [0, 0.1) is 0 Å². The van der Waals surface area contributed by atoms with Crippen molar-refractivity contribution in [2.45, 2.75) is 20.4 Å². The molecule has 0 atom stereocenters. The first-order valence-corrected chi connectivity index (χ1v) is 5.59. The molecule has 0 aliphatic rings. The van der Waals surface area contributed by atoms with E-state index in [9.17, 15) is 0 Å². The van der Waals surface area contributed by atoms with E-state index >= 15 is 0 Å². The predicted octanol–water partition coefficient (Wildman–Crippen LogP) is 2.40. The van der Waals surface area contributed by atoms with Crippen LogP contribution in [0.25, 0.3) is 11.4 Å². The van der Waals surface area contributed by atoms with Gasteiger partial charge in [-0.1, -0.05) is 30.3 Å². The highest BCUT2D eigenvalue weighted by atomic mass is 15.3. The second kappa shape index (κ2) is 4.79. The van der Waals surface area contributed by atoms with Crippen LogP contribution in [0.4, 0.5) is 5.95 Å². The summed E-state index contributed by atoms with van der Waals surface area (Å²) in [5.74, 6) is 1.75. The van der Waals surface area contributed by atoms with Crippen molar-refractivity contribution in [3.63, 3.8) is 0 Å². The van der Waals surface area contributed by atoms with Crippen LogP contribution >= 0.6 is 0 Å². The average Bonchev–Trinajstić information content (AvgIpc) is 2.73. The minimum absolute atomic E-state index is 0.837. The molecular weight excluding hydrogens is 200 g/mol. The minimum Gasteiger partial charge on any atom is -0.355 e. The Morgan fingerprint density at radius 2 is 1.88 bits per heavy atom. The lowest BCUT2D eigenvalue weighted by Gasteiger charge is -2.07. The molecule has 16 heavy (non-hydrogen) atoms. The zero-order valence-electron chi connectivity index (χ0n) is 9.64. The fraction of sp³-hybridized carbons (Fsp3) is 0.333. The van der Waals surface area contributed by atoms with Crippen LogP contribution in [0.1, 0.15) is 13.8 Å². The average molecular weight is 216 g/mol. The summed E-state index contributed by atoms with van der Waals surface area (Å²) in [6.45, 7) is 5.86. The Kier molecular flexibility index (Phi) is 3.19. The zero-order chi connectivity index (χ0) is 11.4. The Bertz CT molecular complexity index is 447. The first-order valence-electron chi connectivity index (χ1n) is 5.59. The van der Waals surface area contributed by atoms with Crippen molar-refractivity contribution < 1.29 is 0 Å². The topological polar surface area (TPSA) is 42.7 Å². The molecule has 2 aromatic rings. The summed E-state index contributed by atoms with van der Waals surface area (Å²) in [7, 11) is 0. The third-order valence-electron chi connectivity index (χ3n) is 2.43. The van der Waals surface area contributed by atoms with E-state index in [2.05, 4.69) is 33.9 Å². The van der Waals surface area contributed by atoms with Crippen LogP contribution in [0.15, 0.2) is 30.3 Å². The molecule has 0 unspecified atom stereocenters. The van der Waals surface area contributed by atoms with Crippen LogP contribution in [0.2, 0.25) is 0 Å². The second-order valence-electron chi connectivity index (χ2n) is 3.49. The number of aromatic nitrogens is 3. The van der Waals surface area contributed by atoms with Crippen LogP contribution in [0.5, 0.6) is 0 Å². The van der Waals surface area contributed by atoms with E-state index in [4.69, 9.17) is 0 Å². The van der Waals surface area contributed by atoms with Crippen molar-refractivity contribution in [1.82, 2.24) is 14.8 Å². The quantitative estimate of drug-likeness (QED) is 0.853. The fourth-order valence-electron chi connectivity index (χ4n) is 1.69. The van der Waals surface area contributed by atoms with Gasteiger partial charge in [-0.25, -0.2) is 0 Å². The van der Waals surface area contributed by atoms with E-state index in [1.54, 1.807) is 0 Å². The maximum atomic E-state index is 4.23. The second-order valence-corrected chi connectivity index (χ2v) is 3.49. The zero-order valence-corrected chi connectivity index (χ0v) is 9.64. The fourth-order valence-corrected chi connectivity index (χ4v) is 1.69. The molecule has 84 valence electrons. The van der Waals surface area contributed by atoms with E-state index in [1.807, 2.05) is 30.3 Å². The van der Waals surface area contributed by atoms with E-state index in [0.29, 0.717) is 0 Å².